The topological polar surface area (TPSA) is 80.3 Å². The molecule has 23 heavy (non-hydrogen) atoms. The zero-order chi connectivity index (χ0) is 16.5. The molecule has 120 valence electrons. The molecule has 0 saturated carbocycles. The third kappa shape index (κ3) is 5.78. The fraction of sp³-hybridized carbons (Fsp3) is 0.235. The Bertz CT molecular complexity index is 632. The van der Waals surface area contributed by atoms with Gasteiger partial charge in [0.05, 0.1) is 18.3 Å². The highest BCUT2D eigenvalue weighted by Crippen LogP contribution is 2.08. The molecule has 0 spiro atoms. The van der Waals surface area contributed by atoms with Crippen LogP contribution in [0.4, 0.5) is 0 Å². The van der Waals surface area contributed by atoms with Gasteiger partial charge in [-0.05, 0) is 31.2 Å². The van der Waals surface area contributed by atoms with Gasteiger partial charge in [-0.1, -0.05) is 24.3 Å². The molecule has 0 aliphatic heterocycles. The number of carbonyl (C=O) groups excluding carboxylic acids is 2. The van der Waals surface area contributed by atoms with Crippen molar-refractivity contribution in [1.82, 2.24) is 15.6 Å². The third-order valence-corrected chi connectivity index (χ3v) is 3.07. The Hall–Kier alpha value is -2.89. The van der Waals surface area contributed by atoms with Gasteiger partial charge in [0.2, 0.25) is 5.91 Å². The molecule has 0 aliphatic carbocycles. The predicted molar refractivity (Wildman–Crippen MR) is 85.7 cm³/mol. The van der Waals surface area contributed by atoms with Gasteiger partial charge in [-0.25, -0.2) is 0 Å². The second-order valence-electron chi connectivity index (χ2n) is 4.92. The summed E-state index contributed by atoms with van der Waals surface area (Å²) >= 11 is 0. The van der Waals surface area contributed by atoms with Gasteiger partial charge < -0.3 is 15.4 Å². The van der Waals surface area contributed by atoms with E-state index in [4.69, 9.17) is 4.74 Å². The minimum Gasteiger partial charge on any atom is -0.484 e. The number of rotatable bonds is 7. The van der Waals surface area contributed by atoms with E-state index < -0.39 is 0 Å². The average molecular weight is 313 g/mol. The first kappa shape index (κ1) is 16.5. The molecule has 6 heteroatoms. The number of hydrogen-bond acceptors (Lipinski definition) is 4. The summed E-state index contributed by atoms with van der Waals surface area (Å²) in [5, 5.41) is 5.28. The Morgan fingerprint density at radius 2 is 1.83 bits per heavy atom. The van der Waals surface area contributed by atoms with E-state index in [-0.39, 0.29) is 31.0 Å². The van der Waals surface area contributed by atoms with Crippen molar-refractivity contribution in [1.29, 1.82) is 0 Å². The molecule has 2 amide bonds. The maximum absolute atomic E-state index is 11.8. The molecule has 2 N–H and O–H groups in total. The van der Waals surface area contributed by atoms with Crippen molar-refractivity contribution in [3.05, 3.63) is 60.4 Å². The van der Waals surface area contributed by atoms with Crippen LogP contribution in [0.2, 0.25) is 0 Å². The Balaban J connectivity index is 1.68. The van der Waals surface area contributed by atoms with E-state index in [9.17, 15) is 9.59 Å². The van der Waals surface area contributed by atoms with Gasteiger partial charge in [0.1, 0.15) is 5.75 Å². The summed E-state index contributed by atoms with van der Waals surface area (Å²) in [6.07, 6.45) is 1.67. The normalized spacial score (nSPS) is 11.3. The van der Waals surface area contributed by atoms with E-state index in [1.807, 2.05) is 43.3 Å². The van der Waals surface area contributed by atoms with Gasteiger partial charge >= 0.3 is 0 Å². The molecule has 2 aromatic rings. The highest BCUT2D eigenvalue weighted by molar-refractivity contribution is 5.85. The van der Waals surface area contributed by atoms with Crippen LogP contribution in [0.3, 0.4) is 0 Å². The first-order chi connectivity index (χ1) is 11.1. The molecule has 1 heterocycles. The largest absolute Gasteiger partial charge is 0.484 e. The molecule has 1 unspecified atom stereocenters. The van der Waals surface area contributed by atoms with Crippen LogP contribution in [-0.4, -0.2) is 29.9 Å². The summed E-state index contributed by atoms with van der Waals surface area (Å²) in [6.45, 7) is 1.60. The number of nitrogens with one attached hydrogen (secondary N) is 2. The van der Waals surface area contributed by atoms with E-state index in [1.54, 1.807) is 18.3 Å². The minimum atomic E-state index is -0.352. The van der Waals surface area contributed by atoms with Crippen LogP contribution in [0, 0.1) is 0 Å². The maximum atomic E-state index is 11.8. The number of carbonyl (C=O) groups is 2. The maximum Gasteiger partial charge on any atom is 0.258 e. The van der Waals surface area contributed by atoms with E-state index in [2.05, 4.69) is 15.6 Å². The highest BCUT2D eigenvalue weighted by Gasteiger charge is 2.11. The summed E-state index contributed by atoms with van der Waals surface area (Å²) in [7, 11) is 0. The minimum absolute atomic E-state index is 0.103. The van der Waals surface area contributed by atoms with Crippen molar-refractivity contribution in [3.63, 3.8) is 0 Å². The summed E-state index contributed by atoms with van der Waals surface area (Å²) < 4.78 is 5.30. The van der Waals surface area contributed by atoms with Crippen molar-refractivity contribution in [2.24, 2.45) is 0 Å². The zero-order valence-corrected chi connectivity index (χ0v) is 12.9. The van der Waals surface area contributed by atoms with E-state index in [0.717, 1.165) is 5.69 Å². The van der Waals surface area contributed by atoms with Gasteiger partial charge in [-0.3, -0.25) is 14.6 Å². The summed E-state index contributed by atoms with van der Waals surface area (Å²) in [4.78, 5) is 27.6. The Labute approximate surface area is 134 Å². The molecule has 1 aromatic carbocycles. The molecular formula is C17H19N3O3. The smallest absolute Gasteiger partial charge is 0.258 e. The average Bonchev–Trinajstić information content (AvgIpc) is 2.60. The first-order valence-corrected chi connectivity index (χ1v) is 7.30. The lowest BCUT2D eigenvalue weighted by molar-refractivity contribution is -0.127. The zero-order valence-electron chi connectivity index (χ0n) is 12.9. The van der Waals surface area contributed by atoms with Crippen LogP contribution in [0.1, 0.15) is 18.7 Å². The van der Waals surface area contributed by atoms with Crippen molar-refractivity contribution < 1.29 is 14.3 Å². The molecular weight excluding hydrogens is 294 g/mol. The number of amides is 2. The molecule has 0 aliphatic rings. The number of hydrogen-bond donors (Lipinski definition) is 2. The Kier molecular flexibility index (Phi) is 6.11. The molecule has 0 radical (unpaired) electrons. The second-order valence-corrected chi connectivity index (χ2v) is 4.92. The van der Waals surface area contributed by atoms with Crippen molar-refractivity contribution in [2.45, 2.75) is 13.0 Å². The Morgan fingerprint density at radius 1 is 1.09 bits per heavy atom. The fourth-order valence-electron chi connectivity index (χ4n) is 1.89. The van der Waals surface area contributed by atoms with E-state index in [0.29, 0.717) is 5.75 Å². The summed E-state index contributed by atoms with van der Waals surface area (Å²) in [5.74, 6) is -0.0263. The van der Waals surface area contributed by atoms with Crippen LogP contribution in [0.15, 0.2) is 54.7 Å². The molecule has 1 aromatic heterocycles. The van der Waals surface area contributed by atoms with Crippen molar-refractivity contribution >= 4 is 11.8 Å². The van der Waals surface area contributed by atoms with Crippen LogP contribution in [0.25, 0.3) is 0 Å². The van der Waals surface area contributed by atoms with Gasteiger partial charge in [-0.15, -0.1) is 0 Å². The SMILES string of the molecule is CC(NC(=O)CNC(=O)COc1ccccc1)c1ccccn1. The lowest BCUT2D eigenvalue weighted by atomic mass is 10.2. The van der Waals surface area contributed by atoms with Gasteiger partial charge in [0, 0.05) is 6.20 Å². The van der Waals surface area contributed by atoms with Crippen molar-refractivity contribution in [3.8, 4) is 5.75 Å². The van der Waals surface area contributed by atoms with E-state index in [1.165, 1.54) is 0 Å². The molecule has 0 fully saturated rings. The monoisotopic (exact) mass is 313 g/mol. The highest BCUT2D eigenvalue weighted by atomic mass is 16.5. The number of nitrogens with zero attached hydrogens (tertiary/aromatic N) is 1. The number of pyridine rings is 1. The van der Waals surface area contributed by atoms with Gasteiger partial charge in [0.25, 0.3) is 5.91 Å². The molecule has 1 atom stereocenters. The lowest BCUT2D eigenvalue weighted by Gasteiger charge is -2.13. The van der Waals surface area contributed by atoms with Gasteiger partial charge in [0.15, 0.2) is 6.61 Å². The molecule has 6 nitrogen and oxygen atoms in total. The third-order valence-electron chi connectivity index (χ3n) is 3.07. The molecule has 0 saturated heterocycles. The molecule has 0 bridgehead atoms. The second kappa shape index (κ2) is 8.53. The first-order valence-electron chi connectivity index (χ1n) is 7.30. The van der Waals surface area contributed by atoms with Crippen LogP contribution in [-0.2, 0) is 9.59 Å². The number of ether oxygens (including phenoxy) is 1. The lowest BCUT2D eigenvalue weighted by Crippen LogP contribution is -2.39. The standard InChI is InChI=1S/C17H19N3O3/c1-13(15-9-5-6-10-18-15)20-16(21)11-19-17(22)12-23-14-7-3-2-4-8-14/h2-10,13H,11-12H2,1H3,(H,19,22)(H,20,21). The van der Waals surface area contributed by atoms with Crippen molar-refractivity contribution in [2.75, 3.05) is 13.2 Å². The Morgan fingerprint density at radius 3 is 2.52 bits per heavy atom. The summed E-state index contributed by atoms with van der Waals surface area (Å²) in [5.41, 5.74) is 0.764. The quantitative estimate of drug-likeness (QED) is 0.811. The summed E-state index contributed by atoms with van der Waals surface area (Å²) in [6, 6.07) is 14.3. The van der Waals surface area contributed by atoms with Gasteiger partial charge in [-0.2, -0.15) is 0 Å². The van der Waals surface area contributed by atoms with E-state index >= 15 is 0 Å². The van der Waals surface area contributed by atoms with Crippen LogP contribution >= 0.6 is 0 Å². The predicted octanol–water partition coefficient (Wildman–Crippen LogP) is 1.45. The molecule has 2 rings (SSSR count). The number of para-hydroxylation sites is 1. The van der Waals surface area contributed by atoms with Crippen LogP contribution in [0.5, 0.6) is 5.75 Å². The van der Waals surface area contributed by atoms with Crippen LogP contribution < -0.4 is 15.4 Å². The number of benzene rings is 1. The number of aromatic nitrogens is 1. The fourth-order valence-corrected chi connectivity index (χ4v) is 1.89.